The van der Waals surface area contributed by atoms with E-state index in [1.165, 1.54) is 0 Å². The maximum atomic E-state index is 12.7. The van der Waals surface area contributed by atoms with Crippen LogP contribution >= 0.6 is 22.9 Å². The highest BCUT2D eigenvalue weighted by molar-refractivity contribution is 7.92. The Balaban J connectivity index is 2.19. The monoisotopic (exact) mass is 386 g/mol. The predicted octanol–water partition coefficient (Wildman–Crippen LogP) is 4.40. The first-order valence-corrected chi connectivity index (χ1v) is 10.7. The van der Waals surface area contributed by atoms with Gasteiger partial charge in [0.1, 0.15) is 0 Å². The number of hydrogen-bond acceptors (Lipinski definition) is 4. The van der Waals surface area contributed by atoms with Gasteiger partial charge in [-0.05, 0) is 55.6 Å². The second kappa shape index (κ2) is 8.34. The minimum absolute atomic E-state index is 0.218. The van der Waals surface area contributed by atoms with E-state index < -0.39 is 10.0 Å². The van der Waals surface area contributed by atoms with Crippen molar-refractivity contribution in [2.24, 2.45) is 0 Å². The molecule has 0 aliphatic rings. The first-order valence-electron chi connectivity index (χ1n) is 7.95. The fourth-order valence-electron chi connectivity index (χ4n) is 2.50. The van der Waals surface area contributed by atoms with E-state index >= 15 is 0 Å². The lowest BCUT2D eigenvalue weighted by molar-refractivity contribution is 0.309. The average Bonchev–Trinajstić information content (AvgIpc) is 2.97. The zero-order chi connectivity index (χ0) is 17.7. The maximum Gasteiger partial charge on any atom is 0.262 e. The second-order valence-electron chi connectivity index (χ2n) is 5.50. The van der Waals surface area contributed by atoms with Gasteiger partial charge in [0.2, 0.25) is 0 Å². The molecule has 0 amide bonds. The lowest BCUT2D eigenvalue weighted by Crippen LogP contribution is -2.25. The molecule has 0 aliphatic heterocycles. The molecule has 0 aliphatic carbocycles. The molecule has 2 aromatic rings. The topological polar surface area (TPSA) is 49.4 Å². The van der Waals surface area contributed by atoms with Gasteiger partial charge in [-0.3, -0.25) is 4.72 Å². The number of benzene rings is 1. The molecule has 0 fully saturated rings. The molecule has 4 nitrogen and oxygen atoms in total. The van der Waals surface area contributed by atoms with Crippen LogP contribution in [0.2, 0.25) is 5.02 Å². The van der Waals surface area contributed by atoms with Gasteiger partial charge in [0.15, 0.2) is 0 Å². The van der Waals surface area contributed by atoms with Gasteiger partial charge in [-0.2, -0.15) is 0 Å². The molecule has 0 spiro atoms. The van der Waals surface area contributed by atoms with Gasteiger partial charge in [0.25, 0.3) is 10.0 Å². The van der Waals surface area contributed by atoms with E-state index in [-0.39, 0.29) is 4.90 Å². The third kappa shape index (κ3) is 4.51. The number of likely N-dealkylation sites (N-methyl/N-ethyl adjacent to an activating group) is 1. The molecule has 2 rings (SSSR count). The van der Waals surface area contributed by atoms with E-state index in [1.807, 2.05) is 11.4 Å². The van der Waals surface area contributed by atoms with Crippen LogP contribution in [0.15, 0.2) is 34.5 Å². The van der Waals surface area contributed by atoms with Crippen molar-refractivity contribution in [3.63, 3.8) is 0 Å². The second-order valence-corrected chi connectivity index (χ2v) is 8.56. The van der Waals surface area contributed by atoms with Crippen LogP contribution in [-0.4, -0.2) is 33.0 Å². The number of hydrogen-bond donors (Lipinski definition) is 1. The SMILES string of the molecule is CCN(CC)CCc1sccc1NS(=O)(=O)c1cccc(Cl)c1C. The molecule has 1 aromatic carbocycles. The Hall–Kier alpha value is -1.08. The average molecular weight is 387 g/mol. The van der Waals surface area contributed by atoms with Crippen LogP contribution in [0.3, 0.4) is 0 Å². The lowest BCUT2D eigenvalue weighted by Gasteiger charge is -2.18. The molecule has 7 heteroatoms. The maximum absolute atomic E-state index is 12.7. The van der Waals surface area contributed by atoms with Gasteiger partial charge in [-0.25, -0.2) is 8.42 Å². The molecule has 24 heavy (non-hydrogen) atoms. The minimum Gasteiger partial charge on any atom is -0.304 e. The molecule has 0 bridgehead atoms. The molecule has 0 saturated carbocycles. The molecule has 0 radical (unpaired) electrons. The minimum atomic E-state index is -3.65. The van der Waals surface area contributed by atoms with Gasteiger partial charge >= 0.3 is 0 Å². The summed E-state index contributed by atoms with van der Waals surface area (Å²) in [5, 5.41) is 2.37. The van der Waals surface area contributed by atoms with Crippen LogP contribution in [0.25, 0.3) is 0 Å². The van der Waals surface area contributed by atoms with Crippen molar-refractivity contribution < 1.29 is 8.42 Å². The molecule has 1 aromatic heterocycles. The standard InChI is InChI=1S/C17H23ClN2O2S2/c1-4-20(5-2)11-9-16-15(10-12-23-16)19-24(21,22)17-8-6-7-14(18)13(17)3/h6-8,10,12,19H,4-5,9,11H2,1-3H3. The lowest BCUT2D eigenvalue weighted by atomic mass is 10.2. The van der Waals surface area contributed by atoms with E-state index in [9.17, 15) is 8.42 Å². The summed E-state index contributed by atoms with van der Waals surface area (Å²) in [6.07, 6.45) is 0.825. The Morgan fingerprint density at radius 3 is 2.58 bits per heavy atom. The molecular weight excluding hydrogens is 364 g/mol. The van der Waals surface area contributed by atoms with E-state index in [1.54, 1.807) is 36.5 Å². The zero-order valence-corrected chi connectivity index (χ0v) is 16.6. The van der Waals surface area contributed by atoms with Gasteiger partial charge in [0.05, 0.1) is 10.6 Å². The van der Waals surface area contributed by atoms with Crippen molar-refractivity contribution in [2.45, 2.75) is 32.1 Å². The first-order chi connectivity index (χ1) is 11.4. The van der Waals surface area contributed by atoms with E-state index in [0.29, 0.717) is 16.3 Å². The highest BCUT2D eigenvalue weighted by atomic mass is 35.5. The normalized spacial score (nSPS) is 11.9. The summed E-state index contributed by atoms with van der Waals surface area (Å²) in [7, 11) is -3.65. The summed E-state index contributed by atoms with van der Waals surface area (Å²) in [6, 6.07) is 6.74. The molecule has 0 saturated heterocycles. The van der Waals surface area contributed by atoms with Gasteiger partial charge in [-0.1, -0.05) is 31.5 Å². The van der Waals surface area contributed by atoms with Crippen molar-refractivity contribution in [1.29, 1.82) is 0 Å². The summed E-state index contributed by atoms with van der Waals surface area (Å²) in [6.45, 7) is 8.87. The molecule has 132 valence electrons. The van der Waals surface area contributed by atoms with E-state index in [0.717, 1.165) is 30.9 Å². The Bertz CT molecular complexity index is 784. The highest BCUT2D eigenvalue weighted by Crippen LogP contribution is 2.28. The zero-order valence-electron chi connectivity index (χ0n) is 14.2. The Morgan fingerprint density at radius 2 is 1.92 bits per heavy atom. The fourth-order valence-corrected chi connectivity index (χ4v) is 4.98. The summed E-state index contributed by atoms with van der Waals surface area (Å²) in [5.74, 6) is 0. The van der Waals surface area contributed by atoms with Crippen LogP contribution in [0.1, 0.15) is 24.3 Å². The summed E-state index contributed by atoms with van der Waals surface area (Å²) >= 11 is 7.63. The van der Waals surface area contributed by atoms with Crippen molar-refractivity contribution in [2.75, 3.05) is 24.4 Å². The smallest absolute Gasteiger partial charge is 0.262 e. The number of halogens is 1. The van der Waals surface area contributed by atoms with Crippen LogP contribution < -0.4 is 4.72 Å². The van der Waals surface area contributed by atoms with Crippen LogP contribution in [-0.2, 0) is 16.4 Å². The Labute approximate surface area is 153 Å². The van der Waals surface area contributed by atoms with Crippen molar-refractivity contribution in [3.05, 3.63) is 45.1 Å². The Morgan fingerprint density at radius 1 is 1.21 bits per heavy atom. The van der Waals surface area contributed by atoms with Crippen molar-refractivity contribution in [3.8, 4) is 0 Å². The summed E-state index contributed by atoms with van der Waals surface area (Å²) in [5.41, 5.74) is 1.22. The highest BCUT2D eigenvalue weighted by Gasteiger charge is 2.20. The molecule has 1 heterocycles. The summed E-state index contributed by atoms with van der Waals surface area (Å²) in [4.78, 5) is 3.58. The quantitative estimate of drug-likeness (QED) is 0.731. The third-order valence-electron chi connectivity index (χ3n) is 4.05. The summed E-state index contributed by atoms with van der Waals surface area (Å²) < 4.78 is 28.1. The van der Waals surface area contributed by atoms with Crippen LogP contribution in [0.4, 0.5) is 5.69 Å². The number of nitrogens with zero attached hydrogens (tertiary/aromatic N) is 1. The van der Waals surface area contributed by atoms with Crippen LogP contribution in [0.5, 0.6) is 0 Å². The molecule has 0 atom stereocenters. The van der Waals surface area contributed by atoms with Crippen molar-refractivity contribution >= 4 is 38.6 Å². The Kier molecular flexibility index (Phi) is 6.69. The van der Waals surface area contributed by atoms with Gasteiger partial charge < -0.3 is 4.90 Å². The number of thiophene rings is 1. The molecular formula is C17H23ClN2O2S2. The largest absolute Gasteiger partial charge is 0.304 e. The third-order valence-corrected chi connectivity index (χ3v) is 6.95. The first kappa shape index (κ1) is 19.2. The van der Waals surface area contributed by atoms with Crippen LogP contribution in [0, 0.1) is 6.92 Å². The van der Waals surface area contributed by atoms with Gasteiger partial charge in [0, 0.05) is 16.4 Å². The number of rotatable bonds is 8. The van der Waals surface area contributed by atoms with Gasteiger partial charge in [-0.15, -0.1) is 11.3 Å². The fraction of sp³-hybridized carbons (Fsp3) is 0.412. The predicted molar refractivity (Wildman–Crippen MR) is 103 cm³/mol. The number of sulfonamides is 1. The molecule has 1 N–H and O–H groups in total. The van der Waals surface area contributed by atoms with E-state index in [4.69, 9.17) is 11.6 Å². The number of nitrogens with one attached hydrogen (secondary N) is 1. The van der Waals surface area contributed by atoms with Crippen molar-refractivity contribution in [1.82, 2.24) is 4.90 Å². The molecule has 0 unspecified atom stereocenters. The van der Waals surface area contributed by atoms with E-state index in [2.05, 4.69) is 23.5 Å². The number of anilines is 1.